The molecule has 0 aromatic carbocycles. The zero-order chi connectivity index (χ0) is 13.6. The lowest BCUT2D eigenvalue weighted by molar-refractivity contribution is -0.185. The Bertz CT molecular complexity index is 217. The molecule has 1 rings (SSSR count). The van der Waals surface area contributed by atoms with Gasteiger partial charge in [0.05, 0.1) is 5.92 Å². The van der Waals surface area contributed by atoms with E-state index in [9.17, 15) is 13.2 Å². The van der Waals surface area contributed by atoms with Crippen LogP contribution in [-0.4, -0.2) is 43.3 Å². The minimum absolute atomic E-state index is 0.258. The third kappa shape index (κ3) is 5.14. The molecule has 0 radical (unpaired) electrons. The zero-order valence-electron chi connectivity index (χ0n) is 11.4. The fourth-order valence-corrected chi connectivity index (χ4v) is 2.65. The Morgan fingerprint density at radius 3 is 2.28 bits per heavy atom. The van der Waals surface area contributed by atoms with Crippen LogP contribution in [0.1, 0.15) is 39.5 Å². The fourth-order valence-electron chi connectivity index (χ4n) is 2.65. The molecule has 2 nitrogen and oxygen atoms in total. The molecular weight excluding hydrogens is 241 g/mol. The van der Waals surface area contributed by atoms with Crippen LogP contribution in [0, 0.1) is 5.92 Å². The van der Waals surface area contributed by atoms with Crippen LogP contribution in [0.2, 0.25) is 0 Å². The molecule has 1 atom stereocenters. The second-order valence-electron chi connectivity index (χ2n) is 5.16. The van der Waals surface area contributed by atoms with Gasteiger partial charge in [-0.25, -0.2) is 0 Å². The molecule has 1 fully saturated rings. The van der Waals surface area contributed by atoms with Crippen LogP contribution in [-0.2, 0) is 0 Å². The summed E-state index contributed by atoms with van der Waals surface area (Å²) >= 11 is 0. The van der Waals surface area contributed by atoms with E-state index in [1.54, 1.807) is 0 Å². The molecule has 0 aromatic rings. The molecule has 0 bridgehead atoms. The van der Waals surface area contributed by atoms with Crippen molar-refractivity contribution < 1.29 is 13.2 Å². The van der Waals surface area contributed by atoms with E-state index in [0.29, 0.717) is 19.1 Å². The Morgan fingerprint density at radius 2 is 1.83 bits per heavy atom. The monoisotopic (exact) mass is 266 g/mol. The first-order valence-corrected chi connectivity index (χ1v) is 6.99. The van der Waals surface area contributed by atoms with Gasteiger partial charge in [-0.2, -0.15) is 13.2 Å². The summed E-state index contributed by atoms with van der Waals surface area (Å²) in [5, 5.41) is 3.41. The number of hydrogen-bond donors (Lipinski definition) is 1. The average Bonchev–Trinajstić information content (AvgIpc) is 2.29. The third-order valence-corrected chi connectivity index (χ3v) is 3.66. The molecule has 0 aromatic heterocycles. The van der Waals surface area contributed by atoms with Gasteiger partial charge >= 0.3 is 6.18 Å². The van der Waals surface area contributed by atoms with E-state index in [1.807, 2.05) is 0 Å². The topological polar surface area (TPSA) is 15.3 Å². The average molecular weight is 266 g/mol. The lowest BCUT2D eigenvalue weighted by Crippen LogP contribution is -2.45. The van der Waals surface area contributed by atoms with Crippen molar-refractivity contribution in [2.45, 2.75) is 51.7 Å². The number of piperidine rings is 1. The van der Waals surface area contributed by atoms with Crippen molar-refractivity contribution in [1.29, 1.82) is 0 Å². The predicted octanol–water partition coefficient (Wildman–Crippen LogP) is 3.04. The van der Waals surface area contributed by atoms with Crippen LogP contribution < -0.4 is 5.32 Å². The molecule has 1 N–H and O–H groups in total. The van der Waals surface area contributed by atoms with Crippen LogP contribution in [0.15, 0.2) is 0 Å². The van der Waals surface area contributed by atoms with E-state index in [4.69, 9.17) is 0 Å². The predicted molar refractivity (Wildman–Crippen MR) is 67.6 cm³/mol. The minimum Gasteiger partial charge on any atom is -0.313 e. The molecule has 1 unspecified atom stereocenters. The first-order chi connectivity index (χ1) is 8.47. The smallest absolute Gasteiger partial charge is 0.313 e. The number of nitrogens with zero attached hydrogens (tertiary/aromatic N) is 1. The highest BCUT2D eigenvalue weighted by molar-refractivity contribution is 4.80. The lowest BCUT2D eigenvalue weighted by Gasteiger charge is -2.35. The maximum Gasteiger partial charge on any atom is 0.391 e. The van der Waals surface area contributed by atoms with E-state index < -0.39 is 12.1 Å². The van der Waals surface area contributed by atoms with E-state index in [1.165, 1.54) is 0 Å². The molecule has 1 heterocycles. The first-order valence-electron chi connectivity index (χ1n) is 6.99. The van der Waals surface area contributed by atoms with Gasteiger partial charge in [0.15, 0.2) is 0 Å². The van der Waals surface area contributed by atoms with E-state index in [2.05, 4.69) is 24.1 Å². The van der Waals surface area contributed by atoms with Crippen molar-refractivity contribution in [3.63, 3.8) is 0 Å². The minimum atomic E-state index is -4.00. The second-order valence-corrected chi connectivity index (χ2v) is 5.16. The van der Waals surface area contributed by atoms with Gasteiger partial charge in [-0.15, -0.1) is 0 Å². The number of alkyl halides is 3. The summed E-state index contributed by atoms with van der Waals surface area (Å²) in [4.78, 5) is 2.17. The summed E-state index contributed by atoms with van der Waals surface area (Å²) in [7, 11) is 0. The van der Waals surface area contributed by atoms with Gasteiger partial charge in [0, 0.05) is 12.6 Å². The van der Waals surface area contributed by atoms with Crippen LogP contribution in [0.25, 0.3) is 0 Å². The number of hydrogen-bond acceptors (Lipinski definition) is 2. The Labute approximate surface area is 108 Å². The maximum atomic E-state index is 12.5. The van der Waals surface area contributed by atoms with Crippen LogP contribution in [0.3, 0.4) is 0 Å². The highest BCUT2D eigenvalue weighted by Gasteiger charge is 2.41. The van der Waals surface area contributed by atoms with E-state index in [-0.39, 0.29) is 12.8 Å². The molecular formula is C13H25F3N2. The Hall–Kier alpha value is -0.290. The summed E-state index contributed by atoms with van der Waals surface area (Å²) in [6, 6.07) is 0.419. The van der Waals surface area contributed by atoms with Gasteiger partial charge in [0.25, 0.3) is 0 Å². The summed E-state index contributed by atoms with van der Waals surface area (Å²) in [6.45, 7) is 7.17. The molecule has 18 heavy (non-hydrogen) atoms. The summed E-state index contributed by atoms with van der Waals surface area (Å²) in [6.07, 6.45) is -1.29. The standard InChI is InChI=1S/C13H25F3N2/c1-3-5-12(17-4-2)10-18-8-6-11(7-9-18)13(14,15)16/h11-12,17H,3-10H2,1-2H3. The number of likely N-dealkylation sites (N-methyl/N-ethyl adjacent to an activating group) is 1. The SMILES string of the molecule is CCCC(CN1CCC(C(F)(F)F)CC1)NCC. The molecule has 0 aliphatic carbocycles. The maximum absolute atomic E-state index is 12.5. The molecule has 5 heteroatoms. The number of nitrogens with one attached hydrogen (secondary N) is 1. The molecule has 0 amide bonds. The number of rotatable bonds is 6. The molecule has 1 aliphatic rings. The van der Waals surface area contributed by atoms with Crippen molar-refractivity contribution in [2.75, 3.05) is 26.2 Å². The van der Waals surface area contributed by atoms with Crippen LogP contribution in [0.5, 0.6) is 0 Å². The molecule has 1 aliphatic heterocycles. The second kappa shape index (κ2) is 7.34. The van der Waals surface area contributed by atoms with Crippen LogP contribution >= 0.6 is 0 Å². The molecule has 0 saturated carbocycles. The van der Waals surface area contributed by atoms with Crippen LogP contribution in [0.4, 0.5) is 13.2 Å². The van der Waals surface area contributed by atoms with Gasteiger partial charge in [0.1, 0.15) is 0 Å². The van der Waals surface area contributed by atoms with E-state index in [0.717, 1.165) is 25.9 Å². The van der Waals surface area contributed by atoms with Gasteiger partial charge in [0.2, 0.25) is 0 Å². The summed E-state index contributed by atoms with van der Waals surface area (Å²) < 4.78 is 37.6. The fraction of sp³-hybridized carbons (Fsp3) is 1.00. The van der Waals surface area contributed by atoms with Crippen molar-refractivity contribution in [2.24, 2.45) is 5.92 Å². The van der Waals surface area contributed by atoms with Gasteiger partial charge in [-0.1, -0.05) is 20.3 Å². The zero-order valence-corrected chi connectivity index (χ0v) is 11.4. The van der Waals surface area contributed by atoms with Gasteiger partial charge in [-0.3, -0.25) is 0 Å². The Kier molecular flexibility index (Phi) is 6.43. The summed E-state index contributed by atoms with van der Waals surface area (Å²) in [5.41, 5.74) is 0. The molecule has 108 valence electrons. The molecule has 1 saturated heterocycles. The van der Waals surface area contributed by atoms with Gasteiger partial charge < -0.3 is 10.2 Å². The molecule has 0 spiro atoms. The van der Waals surface area contributed by atoms with Gasteiger partial charge in [-0.05, 0) is 38.9 Å². The normalized spacial score (nSPS) is 21.2. The highest BCUT2D eigenvalue weighted by Crippen LogP contribution is 2.34. The lowest BCUT2D eigenvalue weighted by atomic mass is 9.96. The Morgan fingerprint density at radius 1 is 1.22 bits per heavy atom. The Balaban J connectivity index is 2.33. The largest absolute Gasteiger partial charge is 0.391 e. The summed E-state index contributed by atoms with van der Waals surface area (Å²) in [5.74, 6) is -1.09. The number of likely N-dealkylation sites (tertiary alicyclic amines) is 1. The third-order valence-electron chi connectivity index (χ3n) is 3.66. The first kappa shape index (κ1) is 15.8. The van der Waals surface area contributed by atoms with Crippen molar-refractivity contribution in [1.82, 2.24) is 10.2 Å². The van der Waals surface area contributed by atoms with Crippen molar-refractivity contribution >= 4 is 0 Å². The number of halogens is 3. The highest BCUT2D eigenvalue weighted by atomic mass is 19.4. The van der Waals surface area contributed by atoms with Crippen molar-refractivity contribution in [3.05, 3.63) is 0 Å². The van der Waals surface area contributed by atoms with Crippen molar-refractivity contribution in [3.8, 4) is 0 Å². The quantitative estimate of drug-likeness (QED) is 0.795. The van der Waals surface area contributed by atoms with E-state index >= 15 is 0 Å².